The molecule has 2 aromatic heterocycles. The Morgan fingerprint density at radius 3 is 2.71 bits per heavy atom. The average Bonchev–Trinajstić information content (AvgIpc) is 2.75. The largest absolute Gasteiger partial charge is 0.455 e. The van der Waals surface area contributed by atoms with Gasteiger partial charge in [0.2, 0.25) is 0 Å². The summed E-state index contributed by atoms with van der Waals surface area (Å²) in [5, 5.41) is 4.72. The number of carbonyl (C=O) groups is 1. The van der Waals surface area contributed by atoms with Gasteiger partial charge in [-0.1, -0.05) is 29.8 Å². The van der Waals surface area contributed by atoms with E-state index in [4.69, 9.17) is 27.9 Å². The number of ether oxygens (including phenoxy) is 1. The van der Waals surface area contributed by atoms with Crippen molar-refractivity contribution in [2.75, 3.05) is 6.61 Å². The molecule has 0 aromatic carbocycles. The third-order valence-corrected chi connectivity index (χ3v) is 3.03. The van der Waals surface area contributed by atoms with Gasteiger partial charge in [-0.25, -0.2) is 14.5 Å². The van der Waals surface area contributed by atoms with Gasteiger partial charge in [0, 0.05) is 10.7 Å². The Morgan fingerprint density at radius 2 is 2.14 bits per heavy atom. The second kappa shape index (κ2) is 6.28. The first-order valence-corrected chi connectivity index (χ1v) is 6.84. The van der Waals surface area contributed by atoms with Crippen molar-refractivity contribution in [3.05, 3.63) is 51.9 Å². The standard InChI is InChI=1S/C14H13Cl2N3O2/c1-8(15)7-21-14(20)13-11(16)4-5-12(17-13)19-10(3)6-9(2)18-19/h4-6H,1,7H2,2-3H3. The van der Waals surface area contributed by atoms with Crippen LogP contribution in [0.25, 0.3) is 5.82 Å². The van der Waals surface area contributed by atoms with Gasteiger partial charge in [0.15, 0.2) is 11.5 Å². The summed E-state index contributed by atoms with van der Waals surface area (Å²) >= 11 is 11.6. The van der Waals surface area contributed by atoms with E-state index in [9.17, 15) is 4.79 Å². The highest BCUT2D eigenvalue weighted by Crippen LogP contribution is 2.19. The number of esters is 1. The van der Waals surface area contributed by atoms with Crippen LogP contribution in [0.3, 0.4) is 0 Å². The Labute approximate surface area is 132 Å². The minimum absolute atomic E-state index is 0.0136. The zero-order valence-electron chi connectivity index (χ0n) is 11.6. The van der Waals surface area contributed by atoms with Crippen molar-refractivity contribution in [2.24, 2.45) is 0 Å². The highest BCUT2D eigenvalue weighted by Gasteiger charge is 2.16. The number of hydrogen-bond donors (Lipinski definition) is 0. The lowest BCUT2D eigenvalue weighted by Gasteiger charge is -2.08. The minimum atomic E-state index is -0.662. The molecule has 7 heteroatoms. The number of aryl methyl sites for hydroxylation is 2. The zero-order valence-corrected chi connectivity index (χ0v) is 13.1. The fraction of sp³-hybridized carbons (Fsp3) is 0.214. The predicted molar refractivity (Wildman–Crippen MR) is 81.1 cm³/mol. The smallest absolute Gasteiger partial charge is 0.358 e. The van der Waals surface area contributed by atoms with Crippen LogP contribution in [0.2, 0.25) is 5.02 Å². The topological polar surface area (TPSA) is 57.0 Å². The van der Waals surface area contributed by atoms with Crippen LogP contribution in [0, 0.1) is 13.8 Å². The Kier molecular flexibility index (Phi) is 4.65. The average molecular weight is 326 g/mol. The van der Waals surface area contributed by atoms with Gasteiger partial charge in [-0.2, -0.15) is 5.10 Å². The van der Waals surface area contributed by atoms with Gasteiger partial charge in [-0.05, 0) is 32.0 Å². The van der Waals surface area contributed by atoms with Crippen molar-refractivity contribution in [2.45, 2.75) is 13.8 Å². The van der Waals surface area contributed by atoms with Crippen molar-refractivity contribution >= 4 is 29.2 Å². The molecule has 0 atom stereocenters. The molecule has 0 bridgehead atoms. The Bertz CT molecular complexity index is 710. The lowest BCUT2D eigenvalue weighted by atomic mass is 10.3. The summed E-state index contributed by atoms with van der Waals surface area (Å²) in [7, 11) is 0. The number of aromatic nitrogens is 3. The van der Waals surface area contributed by atoms with Gasteiger partial charge in [-0.3, -0.25) is 0 Å². The number of rotatable bonds is 4. The van der Waals surface area contributed by atoms with E-state index in [1.165, 1.54) is 0 Å². The second-order valence-electron chi connectivity index (χ2n) is 4.43. The molecular weight excluding hydrogens is 313 g/mol. The number of hydrogen-bond acceptors (Lipinski definition) is 4. The molecule has 0 aliphatic rings. The fourth-order valence-electron chi connectivity index (χ4n) is 1.77. The van der Waals surface area contributed by atoms with Crippen molar-refractivity contribution in [1.82, 2.24) is 14.8 Å². The number of pyridine rings is 1. The molecular formula is C14H13Cl2N3O2. The monoisotopic (exact) mass is 325 g/mol. The molecule has 5 nitrogen and oxygen atoms in total. The summed E-state index contributed by atoms with van der Waals surface area (Å²) in [6.45, 7) is 7.12. The molecule has 0 saturated heterocycles. The molecule has 0 amide bonds. The molecule has 0 aliphatic heterocycles. The Morgan fingerprint density at radius 1 is 1.43 bits per heavy atom. The van der Waals surface area contributed by atoms with Crippen LogP contribution < -0.4 is 0 Å². The third kappa shape index (κ3) is 3.62. The quantitative estimate of drug-likeness (QED) is 0.808. The third-order valence-electron chi connectivity index (χ3n) is 2.61. The lowest BCUT2D eigenvalue weighted by Crippen LogP contribution is -2.12. The number of nitrogens with zero attached hydrogens (tertiary/aromatic N) is 3. The van der Waals surface area contributed by atoms with Crippen LogP contribution in [-0.2, 0) is 4.74 Å². The number of carbonyl (C=O) groups excluding carboxylic acids is 1. The Balaban J connectivity index is 2.35. The van der Waals surface area contributed by atoms with E-state index >= 15 is 0 Å². The van der Waals surface area contributed by atoms with Gasteiger partial charge in [-0.15, -0.1) is 0 Å². The van der Waals surface area contributed by atoms with Crippen LogP contribution >= 0.6 is 23.2 Å². The zero-order chi connectivity index (χ0) is 15.6. The highest BCUT2D eigenvalue weighted by atomic mass is 35.5. The molecule has 2 aromatic rings. The summed E-state index contributed by atoms with van der Waals surface area (Å²) in [5.74, 6) is -0.174. The van der Waals surface area contributed by atoms with Crippen molar-refractivity contribution in [1.29, 1.82) is 0 Å². The van der Waals surface area contributed by atoms with Crippen LogP contribution in [0.1, 0.15) is 21.9 Å². The molecule has 0 spiro atoms. The van der Waals surface area contributed by atoms with Gasteiger partial charge >= 0.3 is 5.97 Å². The van der Waals surface area contributed by atoms with E-state index in [0.29, 0.717) is 5.82 Å². The van der Waals surface area contributed by atoms with Crippen molar-refractivity contribution < 1.29 is 9.53 Å². The maximum Gasteiger partial charge on any atom is 0.358 e. The van der Waals surface area contributed by atoms with E-state index in [2.05, 4.69) is 16.7 Å². The van der Waals surface area contributed by atoms with Crippen LogP contribution in [-0.4, -0.2) is 27.3 Å². The first-order chi connectivity index (χ1) is 9.88. The van der Waals surface area contributed by atoms with Crippen molar-refractivity contribution in [3.8, 4) is 5.82 Å². The maximum absolute atomic E-state index is 11.9. The summed E-state index contributed by atoms with van der Waals surface area (Å²) in [5.41, 5.74) is 1.77. The summed E-state index contributed by atoms with van der Waals surface area (Å²) in [4.78, 5) is 16.2. The summed E-state index contributed by atoms with van der Waals surface area (Å²) in [6, 6.07) is 5.16. The van der Waals surface area contributed by atoms with Crippen LogP contribution in [0.15, 0.2) is 29.8 Å². The molecule has 2 heterocycles. The molecule has 0 N–H and O–H groups in total. The van der Waals surface area contributed by atoms with E-state index in [1.54, 1.807) is 16.8 Å². The molecule has 110 valence electrons. The summed E-state index contributed by atoms with van der Waals surface area (Å²) in [6.07, 6.45) is 0. The minimum Gasteiger partial charge on any atom is -0.455 e. The molecule has 0 saturated carbocycles. The lowest BCUT2D eigenvalue weighted by molar-refractivity contribution is 0.0539. The first-order valence-electron chi connectivity index (χ1n) is 6.09. The first kappa shape index (κ1) is 15.5. The van der Waals surface area contributed by atoms with E-state index in [0.717, 1.165) is 11.4 Å². The van der Waals surface area contributed by atoms with E-state index < -0.39 is 5.97 Å². The molecule has 0 unspecified atom stereocenters. The van der Waals surface area contributed by atoms with Crippen molar-refractivity contribution in [3.63, 3.8) is 0 Å². The molecule has 2 rings (SSSR count). The van der Waals surface area contributed by atoms with Gasteiger partial charge in [0.05, 0.1) is 10.7 Å². The van der Waals surface area contributed by atoms with Crippen LogP contribution in [0.4, 0.5) is 0 Å². The van der Waals surface area contributed by atoms with E-state index in [-0.39, 0.29) is 22.4 Å². The second-order valence-corrected chi connectivity index (χ2v) is 5.37. The fourth-order valence-corrected chi connectivity index (χ4v) is 2.00. The molecule has 0 radical (unpaired) electrons. The molecule has 0 aliphatic carbocycles. The van der Waals surface area contributed by atoms with Gasteiger partial charge < -0.3 is 4.74 Å². The molecule has 0 fully saturated rings. The molecule has 21 heavy (non-hydrogen) atoms. The SMILES string of the molecule is C=C(Cl)COC(=O)c1nc(-n2nc(C)cc2C)ccc1Cl. The van der Waals surface area contributed by atoms with Crippen LogP contribution in [0.5, 0.6) is 0 Å². The Hall–Kier alpha value is -1.85. The number of halogens is 2. The normalized spacial score (nSPS) is 10.5. The van der Waals surface area contributed by atoms with E-state index in [1.807, 2.05) is 19.9 Å². The predicted octanol–water partition coefficient (Wildman–Crippen LogP) is 3.45. The highest BCUT2D eigenvalue weighted by molar-refractivity contribution is 6.33. The summed E-state index contributed by atoms with van der Waals surface area (Å²) < 4.78 is 6.58. The maximum atomic E-state index is 11.9. The van der Waals surface area contributed by atoms with Gasteiger partial charge in [0.25, 0.3) is 0 Å². The van der Waals surface area contributed by atoms with Gasteiger partial charge in [0.1, 0.15) is 6.61 Å².